The topological polar surface area (TPSA) is 91.6 Å². The molecule has 186 valence electrons. The van der Waals surface area contributed by atoms with Crippen molar-refractivity contribution in [3.05, 3.63) is 110 Å². The second-order valence-electron chi connectivity index (χ2n) is 8.77. The number of hydrogen-bond acceptors (Lipinski definition) is 5. The number of carbonyl (C=O) groups excluding carboxylic acids is 1. The van der Waals surface area contributed by atoms with Crippen molar-refractivity contribution < 1.29 is 15.0 Å². The predicted octanol–water partition coefficient (Wildman–Crippen LogP) is 6.84. The molecule has 0 amide bonds. The number of ketones is 1. The van der Waals surface area contributed by atoms with Gasteiger partial charge in [-0.1, -0.05) is 65.7 Å². The number of para-hydroxylation sites is 1. The van der Waals surface area contributed by atoms with Gasteiger partial charge in [-0.2, -0.15) is 0 Å². The minimum Gasteiger partial charge on any atom is -0.508 e. The number of phenols is 1. The quantitative estimate of drug-likeness (QED) is 0.208. The predicted molar refractivity (Wildman–Crippen MR) is 148 cm³/mol. The fourth-order valence-corrected chi connectivity index (χ4v) is 5.03. The zero-order valence-corrected chi connectivity index (χ0v) is 21.2. The first-order valence-electron chi connectivity index (χ1n) is 11.5. The van der Waals surface area contributed by atoms with Crippen LogP contribution in [-0.2, 0) is 7.05 Å². The van der Waals surface area contributed by atoms with Crippen LogP contribution in [0.1, 0.15) is 28.4 Å². The Morgan fingerprint density at radius 2 is 1.65 bits per heavy atom. The molecule has 0 spiro atoms. The number of nitrogens with one attached hydrogen (secondary N) is 1. The van der Waals surface area contributed by atoms with E-state index in [9.17, 15) is 19.8 Å². The highest BCUT2D eigenvalue weighted by Crippen LogP contribution is 2.39. The highest BCUT2D eigenvalue weighted by molar-refractivity contribution is 6.35. The number of phenolic OH excluding ortho intramolecular Hbond substituents is 1. The summed E-state index contributed by atoms with van der Waals surface area (Å²) in [5, 5.41) is 27.9. The summed E-state index contributed by atoms with van der Waals surface area (Å²) >= 11 is 12.6. The van der Waals surface area contributed by atoms with E-state index < -0.39 is 17.4 Å². The number of fused-ring (bicyclic) bond motifs is 2. The maximum absolute atomic E-state index is 13.7. The second kappa shape index (κ2) is 9.81. The van der Waals surface area contributed by atoms with Crippen LogP contribution in [0.5, 0.6) is 11.5 Å². The first-order chi connectivity index (χ1) is 17.8. The number of rotatable bonds is 6. The fourth-order valence-electron chi connectivity index (χ4n) is 4.69. The lowest BCUT2D eigenvalue weighted by atomic mass is 9.92. The third kappa shape index (κ3) is 4.50. The Morgan fingerprint density at radius 1 is 0.946 bits per heavy atom. The van der Waals surface area contributed by atoms with Gasteiger partial charge in [-0.25, -0.2) is 0 Å². The Balaban J connectivity index is 1.66. The molecule has 5 aromatic rings. The van der Waals surface area contributed by atoms with Gasteiger partial charge >= 0.3 is 0 Å². The van der Waals surface area contributed by atoms with Crippen molar-refractivity contribution in [1.29, 1.82) is 0 Å². The van der Waals surface area contributed by atoms with Crippen molar-refractivity contribution in [3.63, 3.8) is 0 Å². The number of nitrogens with zero attached hydrogens (tertiary/aromatic N) is 1. The zero-order valence-electron chi connectivity index (χ0n) is 19.7. The van der Waals surface area contributed by atoms with E-state index in [1.807, 2.05) is 24.3 Å². The maximum Gasteiger partial charge on any atom is 0.265 e. The molecular formula is C29H22Cl2N2O4. The Bertz CT molecular complexity index is 1750. The van der Waals surface area contributed by atoms with Gasteiger partial charge in [-0.05, 0) is 47.2 Å². The molecule has 0 aliphatic carbocycles. The smallest absolute Gasteiger partial charge is 0.265 e. The number of benzene rings is 4. The van der Waals surface area contributed by atoms with Crippen LogP contribution < -0.4 is 10.9 Å². The summed E-state index contributed by atoms with van der Waals surface area (Å²) in [7, 11) is 1.55. The summed E-state index contributed by atoms with van der Waals surface area (Å²) in [6.45, 7) is 0. The van der Waals surface area contributed by atoms with E-state index >= 15 is 0 Å². The minimum absolute atomic E-state index is 0.0298. The molecule has 1 atom stereocenters. The third-order valence-electron chi connectivity index (χ3n) is 6.50. The van der Waals surface area contributed by atoms with E-state index in [-0.39, 0.29) is 23.5 Å². The van der Waals surface area contributed by atoms with Gasteiger partial charge in [0.2, 0.25) is 0 Å². The van der Waals surface area contributed by atoms with E-state index in [1.54, 1.807) is 61.6 Å². The van der Waals surface area contributed by atoms with Crippen molar-refractivity contribution in [2.75, 3.05) is 5.32 Å². The molecule has 4 aromatic carbocycles. The van der Waals surface area contributed by atoms with Crippen LogP contribution in [0.4, 0.5) is 5.69 Å². The number of Topliss-reactive ketones (excluding diaryl/α,β-unsaturated/α-hetero) is 1. The van der Waals surface area contributed by atoms with Gasteiger partial charge in [0.25, 0.3) is 5.56 Å². The zero-order chi connectivity index (χ0) is 26.3. The lowest BCUT2D eigenvalue weighted by Gasteiger charge is -2.24. The summed E-state index contributed by atoms with van der Waals surface area (Å²) in [5.41, 5.74) is 0.496. The van der Waals surface area contributed by atoms with Crippen LogP contribution >= 0.6 is 23.2 Å². The molecule has 5 rings (SSSR count). The summed E-state index contributed by atoms with van der Waals surface area (Å²) in [4.78, 5) is 26.9. The van der Waals surface area contributed by atoms with Crippen molar-refractivity contribution >= 4 is 56.3 Å². The van der Waals surface area contributed by atoms with Crippen LogP contribution in [0.25, 0.3) is 21.7 Å². The molecule has 0 saturated carbocycles. The Morgan fingerprint density at radius 3 is 2.43 bits per heavy atom. The number of aromatic nitrogens is 1. The molecular weight excluding hydrogens is 511 g/mol. The molecule has 37 heavy (non-hydrogen) atoms. The number of anilines is 1. The summed E-state index contributed by atoms with van der Waals surface area (Å²) in [6.07, 6.45) is -0.258. The Hall–Kier alpha value is -4.00. The van der Waals surface area contributed by atoms with Gasteiger partial charge in [0, 0.05) is 29.4 Å². The molecule has 0 aliphatic heterocycles. The van der Waals surface area contributed by atoms with Crippen molar-refractivity contribution in [1.82, 2.24) is 4.57 Å². The number of carbonyl (C=O) groups is 1. The van der Waals surface area contributed by atoms with Crippen molar-refractivity contribution in [2.45, 2.75) is 12.5 Å². The molecule has 1 heterocycles. The number of halogens is 2. The van der Waals surface area contributed by atoms with Crippen LogP contribution in [-0.4, -0.2) is 20.6 Å². The number of pyridine rings is 1. The SMILES string of the molecule is Cn1c(=O)c(C(=O)C[C@H](Nc2cc(Cl)ccc2Cl)c2c(O)ccc3ccccc23)c(O)c2ccccc21. The lowest BCUT2D eigenvalue weighted by molar-refractivity contribution is 0.0972. The van der Waals surface area contributed by atoms with E-state index in [0.29, 0.717) is 32.2 Å². The van der Waals surface area contributed by atoms with Crippen LogP contribution in [0.3, 0.4) is 0 Å². The van der Waals surface area contributed by atoms with Gasteiger partial charge in [0.05, 0.1) is 22.3 Å². The number of hydrogen-bond donors (Lipinski definition) is 3. The van der Waals surface area contributed by atoms with Gasteiger partial charge in [0.1, 0.15) is 17.1 Å². The third-order valence-corrected chi connectivity index (χ3v) is 7.06. The lowest BCUT2D eigenvalue weighted by Crippen LogP contribution is -2.27. The largest absolute Gasteiger partial charge is 0.508 e. The van der Waals surface area contributed by atoms with E-state index in [0.717, 1.165) is 10.8 Å². The monoisotopic (exact) mass is 532 g/mol. The van der Waals surface area contributed by atoms with Crippen molar-refractivity contribution in [2.24, 2.45) is 7.05 Å². The maximum atomic E-state index is 13.7. The van der Waals surface area contributed by atoms with Gasteiger partial charge in [-0.3, -0.25) is 9.59 Å². The first-order valence-corrected chi connectivity index (χ1v) is 12.3. The molecule has 6 nitrogen and oxygen atoms in total. The molecule has 3 N–H and O–H groups in total. The molecule has 1 aromatic heterocycles. The van der Waals surface area contributed by atoms with Gasteiger partial charge < -0.3 is 20.1 Å². The van der Waals surface area contributed by atoms with E-state index in [2.05, 4.69) is 5.32 Å². The van der Waals surface area contributed by atoms with Gasteiger partial charge in [-0.15, -0.1) is 0 Å². The number of aromatic hydroxyl groups is 2. The summed E-state index contributed by atoms with van der Waals surface area (Å²) in [6, 6.07) is 21.7. The molecule has 0 aliphatic rings. The summed E-state index contributed by atoms with van der Waals surface area (Å²) < 4.78 is 1.34. The van der Waals surface area contributed by atoms with E-state index in [4.69, 9.17) is 23.2 Å². The number of aryl methyl sites for hydroxylation is 1. The molecule has 0 saturated heterocycles. The molecule has 8 heteroatoms. The highest BCUT2D eigenvalue weighted by atomic mass is 35.5. The normalized spacial score (nSPS) is 12.1. The average Bonchev–Trinajstić information content (AvgIpc) is 2.89. The van der Waals surface area contributed by atoms with E-state index in [1.165, 1.54) is 4.57 Å². The van der Waals surface area contributed by atoms with Crippen molar-refractivity contribution in [3.8, 4) is 11.5 Å². The molecule has 0 fully saturated rings. The fraction of sp³-hybridized carbons (Fsp3) is 0.103. The van der Waals surface area contributed by atoms with Gasteiger partial charge in [0.15, 0.2) is 5.78 Å². The average molecular weight is 533 g/mol. The van der Waals surface area contributed by atoms with Crippen LogP contribution in [0.2, 0.25) is 10.0 Å². The van der Waals surface area contributed by atoms with Crippen LogP contribution in [0, 0.1) is 0 Å². The molecule has 0 bridgehead atoms. The standard InChI is InChI=1S/C29H22Cl2N2O4/c1-33-23-9-5-4-8-19(23)28(36)27(29(33)37)25(35)15-22(32-21-14-17(30)11-12-20(21)31)26-18-7-3-2-6-16(18)10-13-24(26)34/h2-14,22,32,34,36H,15H2,1H3/t22-/m0/s1. The Kier molecular flexibility index (Phi) is 6.54. The minimum atomic E-state index is -0.815. The Labute approximate surface area is 222 Å². The molecule has 0 unspecified atom stereocenters. The highest BCUT2D eigenvalue weighted by Gasteiger charge is 2.27. The molecule has 0 radical (unpaired) electrons. The van der Waals surface area contributed by atoms with Crippen LogP contribution in [0.15, 0.2) is 83.7 Å². The summed E-state index contributed by atoms with van der Waals surface area (Å²) in [5.74, 6) is -0.991. The second-order valence-corrected chi connectivity index (χ2v) is 9.62. The first kappa shape index (κ1) is 24.7.